The van der Waals surface area contributed by atoms with Gasteiger partial charge in [0.1, 0.15) is 0 Å². The van der Waals surface area contributed by atoms with Gasteiger partial charge in [0.25, 0.3) is 0 Å². The van der Waals surface area contributed by atoms with Gasteiger partial charge in [0.05, 0.1) is 24.9 Å². The predicted molar refractivity (Wildman–Crippen MR) is 58.4 cm³/mol. The molecule has 3 atom stereocenters. The molecule has 2 nitrogen and oxygen atoms in total. The molecule has 0 bridgehead atoms. The third kappa shape index (κ3) is 3.25. The van der Waals surface area contributed by atoms with E-state index < -0.39 is 0 Å². The molecule has 0 N–H and O–H groups in total. The van der Waals surface area contributed by atoms with Gasteiger partial charge in [-0.05, 0) is 25.2 Å². The third-order valence-corrected chi connectivity index (χ3v) is 2.84. The summed E-state index contributed by atoms with van der Waals surface area (Å²) in [6.07, 6.45) is 4.20. The molecule has 0 aromatic carbocycles. The van der Waals surface area contributed by atoms with Gasteiger partial charge in [-0.15, -0.1) is 0 Å². The lowest BCUT2D eigenvalue weighted by Gasteiger charge is -2.36. The molecule has 0 spiro atoms. The third-order valence-electron chi connectivity index (χ3n) is 2.84. The second-order valence-electron chi connectivity index (χ2n) is 4.61. The molecule has 1 saturated heterocycles. The fourth-order valence-corrected chi connectivity index (χ4v) is 1.97. The van der Waals surface area contributed by atoms with Crippen LogP contribution >= 0.6 is 0 Å². The van der Waals surface area contributed by atoms with E-state index in [1.54, 1.807) is 0 Å². The van der Waals surface area contributed by atoms with Gasteiger partial charge in [-0.3, -0.25) is 0 Å². The fourth-order valence-electron chi connectivity index (χ4n) is 1.97. The van der Waals surface area contributed by atoms with Crippen molar-refractivity contribution in [2.24, 2.45) is 5.92 Å². The summed E-state index contributed by atoms with van der Waals surface area (Å²) in [4.78, 5) is 0. The molecule has 0 radical (unpaired) electrons. The van der Waals surface area contributed by atoms with Gasteiger partial charge in [0.15, 0.2) is 0 Å². The van der Waals surface area contributed by atoms with E-state index in [1.165, 1.54) is 0 Å². The van der Waals surface area contributed by atoms with Crippen LogP contribution in [0, 0.1) is 5.92 Å². The summed E-state index contributed by atoms with van der Waals surface area (Å²) in [7, 11) is 0. The van der Waals surface area contributed by atoms with Crippen LogP contribution in [-0.4, -0.2) is 24.9 Å². The zero-order chi connectivity index (χ0) is 10.6. The minimum absolute atomic E-state index is 0.316. The van der Waals surface area contributed by atoms with Gasteiger partial charge in [-0.25, -0.2) is 0 Å². The largest absolute Gasteiger partial charge is 0.373 e. The van der Waals surface area contributed by atoms with Crippen LogP contribution in [0.15, 0.2) is 0 Å². The maximum atomic E-state index is 5.97. The Labute approximate surface area is 88.0 Å². The molecule has 0 aromatic heterocycles. The Morgan fingerprint density at radius 3 is 2.36 bits per heavy atom. The molecule has 84 valence electrons. The summed E-state index contributed by atoms with van der Waals surface area (Å²) in [6.45, 7) is 9.59. The number of hydrogen-bond acceptors (Lipinski definition) is 2. The lowest BCUT2D eigenvalue weighted by Crippen LogP contribution is -2.43. The van der Waals surface area contributed by atoms with E-state index in [2.05, 4.69) is 27.7 Å². The van der Waals surface area contributed by atoms with Crippen molar-refractivity contribution in [2.75, 3.05) is 6.61 Å². The van der Waals surface area contributed by atoms with Crippen LogP contribution in [-0.2, 0) is 9.47 Å². The zero-order valence-corrected chi connectivity index (χ0v) is 9.95. The second kappa shape index (κ2) is 5.72. The van der Waals surface area contributed by atoms with Gasteiger partial charge >= 0.3 is 0 Å². The average molecular weight is 200 g/mol. The van der Waals surface area contributed by atoms with Crippen molar-refractivity contribution in [3.63, 3.8) is 0 Å². The SMILES string of the molecule is CCC1COC(CC(C)C)C(CC)O1. The van der Waals surface area contributed by atoms with E-state index in [1.807, 2.05) is 0 Å². The van der Waals surface area contributed by atoms with E-state index in [9.17, 15) is 0 Å². The van der Waals surface area contributed by atoms with Crippen molar-refractivity contribution >= 4 is 0 Å². The maximum Gasteiger partial charge on any atom is 0.0840 e. The highest BCUT2D eigenvalue weighted by molar-refractivity contribution is 4.77. The van der Waals surface area contributed by atoms with Crippen LogP contribution < -0.4 is 0 Å². The molecule has 1 aliphatic heterocycles. The Balaban J connectivity index is 2.43. The summed E-state index contributed by atoms with van der Waals surface area (Å²) < 4.78 is 11.8. The molecular formula is C12H24O2. The smallest absolute Gasteiger partial charge is 0.0840 e. The molecule has 0 saturated carbocycles. The Hall–Kier alpha value is -0.0800. The van der Waals surface area contributed by atoms with E-state index in [0.717, 1.165) is 25.9 Å². The fraction of sp³-hybridized carbons (Fsp3) is 1.00. The summed E-state index contributed by atoms with van der Waals surface area (Å²) in [5.41, 5.74) is 0. The quantitative estimate of drug-likeness (QED) is 0.694. The van der Waals surface area contributed by atoms with Gasteiger partial charge in [-0.2, -0.15) is 0 Å². The highest BCUT2D eigenvalue weighted by Crippen LogP contribution is 2.23. The van der Waals surface area contributed by atoms with Crippen molar-refractivity contribution < 1.29 is 9.47 Å². The van der Waals surface area contributed by atoms with Crippen molar-refractivity contribution in [2.45, 2.75) is 65.3 Å². The minimum atomic E-state index is 0.316. The van der Waals surface area contributed by atoms with Crippen LogP contribution in [0.1, 0.15) is 47.0 Å². The van der Waals surface area contributed by atoms with Crippen LogP contribution in [0.25, 0.3) is 0 Å². The molecule has 1 fully saturated rings. The lowest BCUT2D eigenvalue weighted by atomic mass is 9.99. The molecule has 1 aliphatic rings. The van der Waals surface area contributed by atoms with Crippen LogP contribution in [0.2, 0.25) is 0 Å². The van der Waals surface area contributed by atoms with Gasteiger partial charge in [-0.1, -0.05) is 27.7 Å². The van der Waals surface area contributed by atoms with Crippen molar-refractivity contribution in [3.05, 3.63) is 0 Å². The molecule has 2 heteroatoms. The first-order valence-electron chi connectivity index (χ1n) is 5.94. The average Bonchev–Trinajstić information content (AvgIpc) is 2.17. The zero-order valence-electron chi connectivity index (χ0n) is 9.95. The van der Waals surface area contributed by atoms with Gasteiger partial charge in [0, 0.05) is 0 Å². The van der Waals surface area contributed by atoms with Crippen LogP contribution in [0.5, 0.6) is 0 Å². The van der Waals surface area contributed by atoms with E-state index in [4.69, 9.17) is 9.47 Å². The molecule has 0 aromatic rings. The van der Waals surface area contributed by atoms with Gasteiger partial charge < -0.3 is 9.47 Å². The van der Waals surface area contributed by atoms with Crippen LogP contribution in [0.3, 0.4) is 0 Å². The highest BCUT2D eigenvalue weighted by atomic mass is 16.6. The molecular weight excluding hydrogens is 176 g/mol. The Kier molecular flexibility index (Phi) is 4.90. The normalized spacial score (nSPS) is 33.6. The number of rotatable bonds is 4. The Morgan fingerprint density at radius 1 is 1.14 bits per heavy atom. The number of hydrogen-bond donors (Lipinski definition) is 0. The second-order valence-corrected chi connectivity index (χ2v) is 4.61. The molecule has 1 heterocycles. The predicted octanol–water partition coefficient (Wildman–Crippen LogP) is 3.01. The van der Waals surface area contributed by atoms with Gasteiger partial charge in [0.2, 0.25) is 0 Å². The van der Waals surface area contributed by atoms with Crippen LogP contribution in [0.4, 0.5) is 0 Å². The van der Waals surface area contributed by atoms with Crippen molar-refractivity contribution in [3.8, 4) is 0 Å². The lowest BCUT2D eigenvalue weighted by molar-refractivity contribution is -0.185. The maximum absolute atomic E-state index is 5.97. The molecule has 0 aliphatic carbocycles. The molecule has 0 amide bonds. The first kappa shape index (κ1) is 12.0. The monoisotopic (exact) mass is 200 g/mol. The van der Waals surface area contributed by atoms with E-state index in [-0.39, 0.29) is 0 Å². The summed E-state index contributed by atoms with van der Waals surface area (Å²) in [6, 6.07) is 0. The standard InChI is InChI=1S/C12H24O2/c1-5-10-8-13-12(7-9(3)4)11(6-2)14-10/h9-12H,5-8H2,1-4H3. The highest BCUT2D eigenvalue weighted by Gasteiger charge is 2.30. The van der Waals surface area contributed by atoms with Crippen molar-refractivity contribution in [1.82, 2.24) is 0 Å². The van der Waals surface area contributed by atoms with E-state index >= 15 is 0 Å². The topological polar surface area (TPSA) is 18.5 Å². The molecule has 1 rings (SSSR count). The Morgan fingerprint density at radius 2 is 1.86 bits per heavy atom. The Bertz CT molecular complexity index is 156. The number of ether oxygens (including phenoxy) is 2. The summed E-state index contributed by atoms with van der Waals surface area (Å²) >= 11 is 0. The molecule has 3 unspecified atom stereocenters. The van der Waals surface area contributed by atoms with Crippen molar-refractivity contribution in [1.29, 1.82) is 0 Å². The molecule has 14 heavy (non-hydrogen) atoms. The summed E-state index contributed by atoms with van der Waals surface area (Å²) in [5, 5.41) is 0. The first-order valence-corrected chi connectivity index (χ1v) is 5.94. The first-order chi connectivity index (χ1) is 6.67. The van der Waals surface area contributed by atoms with E-state index in [0.29, 0.717) is 24.2 Å². The minimum Gasteiger partial charge on any atom is -0.373 e. The summed E-state index contributed by atoms with van der Waals surface area (Å²) in [5.74, 6) is 0.691.